The second-order valence-electron chi connectivity index (χ2n) is 3.39. The van der Waals surface area contributed by atoms with Gasteiger partial charge in [0.25, 0.3) is 0 Å². The molecule has 0 heterocycles. The summed E-state index contributed by atoms with van der Waals surface area (Å²) >= 11 is 0. The van der Waals surface area contributed by atoms with Crippen molar-refractivity contribution >= 4 is 5.97 Å². The van der Waals surface area contributed by atoms with Gasteiger partial charge in [0.2, 0.25) is 0 Å². The van der Waals surface area contributed by atoms with Gasteiger partial charge in [-0.2, -0.15) is 0 Å². The normalized spacial score (nSPS) is 9.82. The van der Waals surface area contributed by atoms with E-state index in [-0.39, 0.29) is 12.4 Å². The van der Waals surface area contributed by atoms with Crippen LogP contribution < -0.4 is 9.47 Å². The Morgan fingerprint density at radius 2 is 2.00 bits per heavy atom. The number of methoxy groups -OCH3 is 1. The lowest BCUT2D eigenvalue weighted by Crippen LogP contribution is -2.08. The third-order valence-corrected chi connectivity index (χ3v) is 2.20. The van der Waals surface area contributed by atoms with Crippen LogP contribution in [-0.4, -0.2) is 26.3 Å². The molecule has 0 aliphatic carbocycles. The predicted molar refractivity (Wildman–Crippen MR) is 64.5 cm³/mol. The average molecular weight is 238 g/mol. The summed E-state index contributed by atoms with van der Waals surface area (Å²) in [5.74, 6) is 1.13. The maximum Gasteiger partial charge on any atom is 0.310 e. The highest BCUT2D eigenvalue weighted by molar-refractivity contribution is 5.73. The van der Waals surface area contributed by atoms with Crippen molar-refractivity contribution in [3.05, 3.63) is 23.8 Å². The number of hydrogen-bond donors (Lipinski definition) is 0. The molecule has 0 spiro atoms. The first-order valence-corrected chi connectivity index (χ1v) is 5.66. The Labute approximate surface area is 101 Å². The van der Waals surface area contributed by atoms with Crippen LogP contribution in [0.5, 0.6) is 11.5 Å². The molecule has 0 fully saturated rings. The van der Waals surface area contributed by atoms with Crippen LogP contribution in [0, 0.1) is 0 Å². The van der Waals surface area contributed by atoms with Crippen LogP contribution in [0.2, 0.25) is 0 Å². The topological polar surface area (TPSA) is 44.8 Å². The first kappa shape index (κ1) is 13.4. The molecule has 0 aliphatic heterocycles. The van der Waals surface area contributed by atoms with Crippen molar-refractivity contribution in [1.82, 2.24) is 0 Å². The van der Waals surface area contributed by atoms with E-state index in [9.17, 15) is 4.79 Å². The molecule has 0 saturated carbocycles. The van der Waals surface area contributed by atoms with Gasteiger partial charge in [0.15, 0.2) is 0 Å². The van der Waals surface area contributed by atoms with E-state index in [1.165, 1.54) is 0 Å². The third-order valence-electron chi connectivity index (χ3n) is 2.20. The summed E-state index contributed by atoms with van der Waals surface area (Å²) in [6.07, 6.45) is 0.192. The van der Waals surface area contributed by atoms with Crippen LogP contribution in [0.3, 0.4) is 0 Å². The smallest absolute Gasteiger partial charge is 0.310 e. The van der Waals surface area contributed by atoms with Crippen LogP contribution in [-0.2, 0) is 16.0 Å². The first-order chi connectivity index (χ1) is 8.21. The lowest BCUT2D eigenvalue weighted by molar-refractivity contribution is -0.142. The zero-order chi connectivity index (χ0) is 12.7. The minimum absolute atomic E-state index is 0.192. The fraction of sp³-hybridized carbons (Fsp3) is 0.462. The number of carbonyl (C=O) groups excluding carboxylic acids is 1. The van der Waals surface area contributed by atoms with Crippen LogP contribution >= 0.6 is 0 Å². The van der Waals surface area contributed by atoms with Gasteiger partial charge >= 0.3 is 5.97 Å². The van der Waals surface area contributed by atoms with E-state index in [1.807, 2.05) is 13.0 Å². The summed E-state index contributed by atoms with van der Waals surface area (Å²) in [7, 11) is 1.57. The van der Waals surface area contributed by atoms with E-state index in [1.54, 1.807) is 26.2 Å². The van der Waals surface area contributed by atoms with Crippen molar-refractivity contribution in [2.75, 3.05) is 20.3 Å². The molecule has 1 aromatic rings. The van der Waals surface area contributed by atoms with Gasteiger partial charge in [-0.15, -0.1) is 0 Å². The second-order valence-corrected chi connectivity index (χ2v) is 3.39. The van der Waals surface area contributed by atoms with Gasteiger partial charge in [0.05, 0.1) is 26.7 Å². The molecule has 4 nitrogen and oxygen atoms in total. The van der Waals surface area contributed by atoms with Crippen molar-refractivity contribution in [2.45, 2.75) is 20.3 Å². The number of rotatable bonds is 6. The van der Waals surface area contributed by atoms with E-state index in [0.29, 0.717) is 19.0 Å². The van der Waals surface area contributed by atoms with Gasteiger partial charge in [-0.25, -0.2) is 0 Å². The third kappa shape index (κ3) is 3.98. The van der Waals surface area contributed by atoms with Gasteiger partial charge in [0, 0.05) is 5.56 Å². The van der Waals surface area contributed by atoms with Gasteiger partial charge in [-0.3, -0.25) is 4.79 Å². The summed E-state index contributed by atoms with van der Waals surface area (Å²) in [5.41, 5.74) is 0.775. The Bertz CT molecular complexity index is 374. The molecule has 0 unspecified atom stereocenters. The zero-order valence-corrected chi connectivity index (χ0v) is 10.5. The highest BCUT2D eigenvalue weighted by atomic mass is 16.5. The van der Waals surface area contributed by atoms with E-state index in [0.717, 1.165) is 11.3 Å². The summed E-state index contributed by atoms with van der Waals surface area (Å²) in [6, 6.07) is 5.41. The monoisotopic (exact) mass is 238 g/mol. The quantitative estimate of drug-likeness (QED) is 0.713. The summed E-state index contributed by atoms with van der Waals surface area (Å²) in [4.78, 5) is 11.4. The van der Waals surface area contributed by atoms with Crippen LogP contribution in [0.25, 0.3) is 0 Å². The summed E-state index contributed by atoms with van der Waals surface area (Å²) in [6.45, 7) is 4.67. The molecule has 0 atom stereocenters. The zero-order valence-electron chi connectivity index (χ0n) is 10.5. The van der Waals surface area contributed by atoms with Crippen LogP contribution in [0.15, 0.2) is 18.2 Å². The number of benzene rings is 1. The molecule has 1 aromatic carbocycles. The van der Waals surface area contributed by atoms with Gasteiger partial charge < -0.3 is 14.2 Å². The number of esters is 1. The molecule has 0 saturated heterocycles. The Morgan fingerprint density at radius 3 is 2.59 bits per heavy atom. The molecule has 0 N–H and O–H groups in total. The SMILES string of the molecule is CCOC(=O)Cc1cc(OCC)ccc1OC. The minimum Gasteiger partial charge on any atom is -0.496 e. The van der Waals surface area contributed by atoms with E-state index in [4.69, 9.17) is 14.2 Å². The second kappa shape index (κ2) is 6.78. The largest absolute Gasteiger partial charge is 0.496 e. The standard InChI is InChI=1S/C13H18O4/c1-4-16-11-6-7-12(15-3)10(8-11)9-13(14)17-5-2/h6-8H,4-5,9H2,1-3H3. The van der Waals surface area contributed by atoms with Crippen molar-refractivity contribution < 1.29 is 19.0 Å². The van der Waals surface area contributed by atoms with Crippen molar-refractivity contribution in [3.63, 3.8) is 0 Å². The number of ether oxygens (including phenoxy) is 3. The lowest BCUT2D eigenvalue weighted by atomic mass is 10.1. The molecule has 4 heteroatoms. The van der Waals surface area contributed by atoms with Crippen molar-refractivity contribution in [3.8, 4) is 11.5 Å². The molecule has 94 valence electrons. The Hall–Kier alpha value is -1.71. The predicted octanol–water partition coefficient (Wildman–Crippen LogP) is 2.20. The van der Waals surface area contributed by atoms with Crippen LogP contribution in [0.1, 0.15) is 19.4 Å². The van der Waals surface area contributed by atoms with E-state index < -0.39 is 0 Å². The highest BCUT2D eigenvalue weighted by Crippen LogP contribution is 2.24. The number of hydrogen-bond acceptors (Lipinski definition) is 4. The summed E-state index contributed by atoms with van der Waals surface area (Å²) in [5, 5.41) is 0. The van der Waals surface area contributed by atoms with Gasteiger partial charge in [-0.1, -0.05) is 0 Å². The van der Waals surface area contributed by atoms with Gasteiger partial charge in [-0.05, 0) is 32.0 Å². The average Bonchev–Trinajstić information content (AvgIpc) is 2.30. The molecule has 0 radical (unpaired) electrons. The Morgan fingerprint density at radius 1 is 1.24 bits per heavy atom. The molecule has 1 rings (SSSR count). The Kier molecular flexibility index (Phi) is 5.33. The lowest BCUT2D eigenvalue weighted by Gasteiger charge is -2.10. The number of carbonyl (C=O) groups is 1. The maximum absolute atomic E-state index is 11.4. The van der Waals surface area contributed by atoms with Gasteiger partial charge in [0.1, 0.15) is 11.5 Å². The molecule has 0 aromatic heterocycles. The van der Waals surface area contributed by atoms with E-state index >= 15 is 0 Å². The maximum atomic E-state index is 11.4. The highest BCUT2D eigenvalue weighted by Gasteiger charge is 2.10. The van der Waals surface area contributed by atoms with Crippen molar-refractivity contribution in [2.24, 2.45) is 0 Å². The molecule has 0 amide bonds. The fourth-order valence-corrected chi connectivity index (χ4v) is 1.52. The molecular weight excluding hydrogens is 220 g/mol. The fourth-order valence-electron chi connectivity index (χ4n) is 1.52. The van der Waals surface area contributed by atoms with Crippen molar-refractivity contribution in [1.29, 1.82) is 0 Å². The van der Waals surface area contributed by atoms with E-state index in [2.05, 4.69) is 0 Å². The molecule has 0 aliphatic rings. The molecule has 17 heavy (non-hydrogen) atoms. The molecular formula is C13H18O4. The first-order valence-electron chi connectivity index (χ1n) is 5.66. The molecule has 0 bridgehead atoms. The summed E-state index contributed by atoms with van der Waals surface area (Å²) < 4.78 is 15.5. The van der Waals surface area contributed by atoms with Crippen LogP contribution in [0.4, 0.5) is 0 Å². The minimum atomic E-state index is -0.264. The Balaban J connectivity index is 2.85.